The van der Waals surface area contributed by atoms with Crippen LogP contribution in [0.15, 0.2) is 36.7 Å². The summed E-state index contributed by atoms with van der Waals surface area (Å²) in [4.78, 5) is 4.35. The Bertz CT molecular complexity index is 556. The molecule has 1 saturated heterocycles. The van der Waals surface area contributed by atoms with Gasteiger partial charge in [0, 0.05) is 28.6 Å². The maximum Gasteiger partial charge on any atom is 0.0463 e. The van der Waals surface area contributed by atoms with Crippen LogP contribution in [0.1, 0.15) is 31.4 Å². The monoisotopic (exact) mass is 258 g/mol. The van der Waals surface area contributed by atoms with E-state index in [1.165, 1.54) is 34.9 Å². The minimum Gasteiger partial charge on any atom is -0.323 e. The third-order valence-corrected chi connectivity index (χ3v) is 5.55. The van der Waals surface area contributed by atoms with Gasteiger partial charge in [-0.2, -0.15) is 11.8 Å². The fraction of sp³-hybridized carbons (Fsp3) is 0.400. The van der Waals surface area contributed by atoms with Gasteiger partial charge in [0.1, 0.15) is 0 Å². The second kappa shape index (κ2) is 4.56. The molecule has 94 valence electrons. The average molecular weight is 258 g/mol. The highest BCUT2D eigenvalue weighted by Crippen LogP contribution is 2.46. The van der Waals surface area contributed by atoms with Crippen LogP contribution in [0.3, 0.4) is 0 Å². The maximum absolute atomic E-state index is 6.54. The number of rotatable bonds is 2. The van der Waals surface area contributed by atoms with Crippen LogP contribution in [0.25, 0.3) is 10.8 Å². The summed E-state index contributed by atoms with van der Waals surface area (Å²) in [5, 5.41) is 2.42. The highest BCUT2D eigenvalue weighted by atomic mass is 32.2. The molecule has 2 heterocycles. The third kappa shape index (κ3) is 1.91. The van der Waals surface area contributed by atoms with E-state index in [1.807, 2.05) is 30.2 Å². The van der Waals surface area contributed by atoms with Crippen LogP contribution in [0.2, 0.25) is 0 Å². The quantitative estimate of drug-likeness (QED) is 0.895. The number of hydrogen-bond donors (Lipinski definition) is 1. The van der Waals surface area contributed by atoms with E-state index in [-0.39, 0.29) is 10.8 Å². The molecule has 3 rings (SSSR count). The Hall–Kier alpha value is -1.06. The van der Waals surface area contributed by atoms with E-state index in [2.05, 4.69) is 30.1 Å². The minimum absolute atomic E-state index is 0.0589. The predicted molar refractivity (Wildman–Crippen MR) is 78.8 cm³/mol. The van der Waals surface area contributed by atoms with E-state index in [0.717, 1.165) is 0 Å². The Labute approximate surface area is 112 Å². The molecule has 2 atom stereocenters. The van der Waals surface area contributed by atoms with Gasteiger partial charge in [-0.25, -0.2) is 0 Å². The lowest BCUT2D eigenvalue weighted by atomic mass is 9.89. The van der Waals surface area contributed by atoms with Gasteiger partial charge in [-0.3, -0.25) is 4.98 Å². The van der Waals surface area contributed by atoms with Gasteiger partial charge in [0.05, 0.1) is 0 Å². The number of hydrogen-bond acceptors (Lipinski definition) is 3. The predicted octanol–water partition coefficient (Wildman–Crippen LogP) is 3.52. The number of nitrogens with zero attached hydrogens (tertiary/aromatic N) is 1. The van der Waals surface area contributed by atoms with E-state index in [0.29, 0.717) is 0 Å². The molecule has 3 heteroatoms. The lowest BCUT2D eigenvalue weighted by Gasteiger charge is -2.31. The smallest absolute Gasteiger partial charge is 0.0463 e. The molecule has 0 bridgehead atoms. The fourth-order valence-electron chi connectivity index (χ4n) is 2.76. The molecule has 1 aliphatic heterocycles. The number of nitrogens with two attached hydrogens (primary N) is 1. The van der Waals surface area contributed by atoms with Crippen molar-refractivity contribution in [1.29, 1.82) is 0 Å². The molecule has 0 spiro atoms. The van der Waals surface area contributed by atoms with E-state index in [1.54, 1.807) is 0 Å². The molecule has 0 saturated carbocycles. The van der Waals surface area contributed by atoms with Crippen LogP contribution in [-0.2, 0) is 0 Å². The van der Waals surface area contributed by atoms with Crippen molar-refractivity contribution in [1.82, 2.24) is 4.98 Å². The zero-order chi connectivity index (χ0) is 12.6. The molecule has 1 fully saturated rings. The summed E-state index contributed by atoms with van der Waals surface area (Å²) in [5.74, 6) is 1.22. The first kappa shape index (κ1) is 12.0. The first-order valence-corrected chi connectivity index (χ1v) is 7.41. The Morgan fingerprint density at radius 3 is 2.94 bits per heavy atom. The van der Waals surface area contributed by atoms with Gasteiger partial charge in [0.2, 0.25) is 0 Å². The topological polar surface area (TPSA) is 38.9 Å². The zero-order valence-electron chi connectivity index (χ0n) is 10.6. The van der Waals surface area contributed by atoms with Gasteiger partial charge in [0.15, 0.2) is 0 Å². The number of fused-ring (bicyclic) bond motifs is 1. The molecule has 2 unspecified atom stereocenters. The standard InChI is InChI=1S/C15H18N2S/c1-15(7-4-8-18-15)14(16)13-10-17-9-11-5-2-3-6-12(11)13/h2-3,5-6,9-10,14H,4,7-8,16H2,1H3. The summed E-state index contributed by atoms with van der Waals surface area (Å²) in [6.07, 6.45) is 6.32. The first-order valence-electron chi connectivity index (χ1n) is 6.43. The zero-order valence-corrected chi connectivity index (χ0v) is 11.4. The third-order valence-electron chi connectivity index (χ3n) is 3.94. The summed E-state index contributed by atoms with van der Waals surface area (Å²) in [6, 6.07) is 8.43. The van der Waals surface area contributed by atoms with Gasteiger partial charge in [-0.05, 0) is 36.5 Å². The lowest BCUT2D eigenvalue weighted by Crippen LogP contribution is -2.33. The molecule has 0 amide bonds. The molecule has 1 aromatic heterocycles. The van der Waals surface area contributed by atoms with Crippen molar-refractivity contribution in [2.24, 2.45) is 5.73 Å². The number of benzene rings is 1. The van der Waals surface area contributed by atoms with Crippen LogP contribution in [-0.4, -0.2) is 15.5 Å². The molecule has 0 radical (unpaired) electrons. The van der Waals surface area contributed by atoms with Gasteiger partial charge in [0.25, 0.3) is 0 Å². The fourth-order valence-corrected chi connectivity index (χ4v) is 4.11. The maximum atomic E-state index is 6.54. The molecule has 2 aromatic rings. The number of aromatic nitrogens is 1. The van der Waals surface area contributed by atoms with Crippen LogP contribution in [0, 0.1) is 0 Å². The molecular formula is C15H18N2S. The van der Waals surface area contributed by atoms with Gasteiger partial charge in [-0.15, -0.1) is 0 Å². The molecule has 1 aromatic carbocycles. The van der Waals surface area contributed by atoms with Crippen LogP contribution in [0.4, 0.5) is 0 Å². The van der Waals surface area contributed by atoms with Crippen LogP contribution >= 0.6 is 11.8 Å². The van der Waals surface area contributed by atoms with Crippen molar-refractivity contribution in [3.05, 3.63) is 42.2 Å². The first-order chi connectivity index (χ1) is 8.71. The van der Waals surface area contributed by atoms with Crippen molar-refractivity contribution < 1.29 is 0 Å². The van der Waals surface area contributed by atoms with Crippen LogP contribution < -0.4 is 5.73 Å². The SMILES string of the molecule is CC1(C(N)c2cncc3ccccc23)CCCS1. The number of pyridine rings is 1. The Morgan fingerprint density at radius 2 is 2.17 bits per heavy atom. The van der Waals surface area contributed by atoms with Crippen LogP contribution in [0.5, 0.6) is 0 Å². The van der Waals surface area contributed by atoms with Gasteiger partial charge >= 0.3 is 0 Å². The van der Waals surface area contributed by atoms with Crippen molar-refractivity contribution in [3.63, 3.8) is 0 Å². The summed E-state index contributed by atoms with van der Waals surface area (Å²) >= 11 is 2.00. The van der Waals surface area contributed by atoms with Crippen molar-refractivity contribution in [2.75, 3.05) is 5.75 Å². The molecule has 18 heavy (non-hydrogen) atoms. The minimum atomic E-state index is 0.0589. The van der Waals surface area contributed by atoms with Crippen molar-refractivity contribution >= 4 is 22.5 Å². The summed E-state index contributed by atoms with van der Waals surface area (Å²) < 4.78 is 0.159. The summed E-state index contributed by atoms with van der Waals surface area (Å²) in [5.41, 5.74) is 7.72. The molecular weight excluding hydrogens is 240 g/mol. The Kier molecular flexibility index (Phi) is 3.04. The number of thioether (sulfide) groups is 1. The second-order valence-electron chi connectivity index (χ2n) is 5.19. The highest BCUT2D eigenvalue weighted by Gasteiger charge is 2.37. The van der Waals surface area contributed by atoms with Crippen molar-refractivity contribution in [3.8, 4) is 0 Å². The van der Waals surface area contributed by atoms with Gasteiger partial charge in [-0.1, -0.05) is 24.3 Å². The largest absolute Gasteiger partial charge is 0.323 e. The normalized spacial score (nSPS) is 25.4. The Morgan fingerprint density at radius 1 is 1.33 bits per heavy atom. The highest BCUT2D eigenvalue weighted by molar-refractivity contribution is 8.00. The van der Waals surface area contributed by atoms with Gasteiger partial charge < -0.3 is 5.73 Å². The Balaban J connectivity index is 2.08. The lowest BCUT2D eigenvalue weighted by molar-refractivity contribution is 0.503. The molecule has 2 nitrogen and oxygen atoms in total. The molecule has 0 aliphatic carbocycles. The van der Waals surface area contributed by atoms with E-state index in [4.69, 9.17) is 5.73 Å². The van der Waals surface area contributed by atoms with E-state index in [9.17, 15) is 0 Å². The molecule has 1 aliphatic rings. The van der Waals surface area contributed by atoms with E-state index < -0.39 is 0 Å². The summed E-state index contributed by atoms with van der Waals surface area (Å²) in [6.45, 7) is 2.29. The summed E-state index contributed by atoms with van der Waals surface area (Å²) in [7, 11) is 0. The average Bonchev–Trinajstić information content (AvgIpc) is 2.85. The van der Waals surface area contributed by atoms with E-state index >= 15 is 0 Å². The second-order valence-corrected chi connectivity index (χ2v) is 6.82. The van der Waals surface area contributed by atoms with Crippen molar-refractivity contribution in [2.45, 2.75) is 30.6 Å². The molecule has 2 N–H and O–H groups in total.